The largest absolute Gasteiger partial charge is 0.457 e. The number of esters is 1. The summed E-state index contributed by atoms with van der Waals surface area (Å²) in [4.78, 5) is 24.8. The van der Waals surface area contributed by atoms with Gasteiger partial charge in [-0.1, -0.05) is 6.42 Å². The lowest BCUT2D eigenvalue weighted by atomic mass is 9.88. The Balaban J connectivity index is 1.90. The first kappa shape index (κ1) is 13.1. The van der Waals surface area contributed by atoms with E-state index in [1.54, 1.807) is 0 Å². The van der Waals surface area contributed by atoms with Crippen LogP contribution in [0, 0.1) is 5.92 Å². The minimum absolute atomic E-state index is 0.0817. The molecule has 1 spiro atoms. The topological polar surface area (TPSA) is 52.6 Å². The second-order valence-electron chi connectivity index (χ2n) is 7.21. The fraction of sp³-hybridized carbons (Fsp3) is 0.867. The summed E-state index contributed by atoms with van der Waals surface area (Å²) < 4.78 is 11.5. The van der Waals surface area contributed by atoms with Crippen molar-refractivity contribution < 1.29 is 19.1 Å². The standard InChI is InChI=1S/C15H22O4/c1-13(2,3)18-12(17)15-9-10-5-4-7-14(10,19-15)8-6-11(15)16/h10H,4-9H2,1-3H3/t10-,14-,15+/m1/s1. The number of ether oxygens (including phenoxy) is 2. The highest BCUT2D eigenvalue weighted by molar-refractivity contribution is 6.08. The van der Waals surface area contributed by atoms with Crippen molar-refractivity contribution in [2.45, 2.75) is 76.1 Å². The second-order valence-corrected chi connectivity index (χ2v) is 7.21. The molecule has 0 radical (unpaired) electrons. The van der Waals surface area contributed by atoms with Crippen LogP contribution in [0.25, 0.3) is 0 Å². The molecular weight excluding hydrogens is 244 g/mol. The van der Waals surface area contributed by atoms with E-state index in [0.717, 1.165) is 25.7 Å². The van der Waals surface area contributed by atoms with Crippen LogP contribution in [0.2, 0.25) is 0 Å². The molecular formula is C15H22O4. The molecule has 2 aliphatic heterocycles. The van der Waals surface area contributed by atoms with Crippen LogP contribution in [0.4, 0.5) is 0 Å². The molecule has 3 fully saturated rings. The molecule has 0 N–H and O–H groups in total. The lowest BCUT2D eigenvalue weighted by Gasteiger charge is -2.38. The van der Waals surface area contributed by atoms with Crippen molar-refractivity contribution >= 4 is 11.8 Å². The maximum absolute atomic E-state index is 12.5. The van der Waals surface area contributed by atoms with Gasteiger partial charge in [0.05, 0.1) is 5.60 Å². The Kier molecular flexibility index (Phi) is 2.63. The van der Waals surface area contributed by atoms with Crippen LogP contribution in [0.1, 0.15) is 59.3 Å². The van der Waals surface area contributed by atoms with Crippen LogP contribution in [0.3, 0.4) is 0 Å². The monoisotopic (exact) mass is 266 g/mol. The highest BCUT2D eigenvalue weighted by Crippen LogP contribution is 2.57. The van der Waals surface area contributed by atoms with Gasteiger partial charge in [0.1, 0.15) is 5.60 Å². The average molecular weight is 266 g/mol. The van der Waals surface area contributed by atoms with Crippen LogP contribution >= 0.6 is 0 Å². The molecule has 3 aliphatic rings. The van der Waals surface area contributed by atoms with Crippen molar-refractivity contribution in [3.63, 3.8) is 0 Å². The van der Waals surface area contributed by atoms with Crippen molar-refractivity contribution in [1.82, 2.24) is 0 Å². The molecule has 2 bridgehead atoms. The summed E-state index contributed by atoms with van der Waals surface area (Å²) in [5, 5.41) is 0. The quantitative estimate of drug-likeness (QED) is 0.540. The smallest absolute Gasteiger partial charge is 0.346 e. The molecule has 19 heavy (non-hydrogen) atoms. The molecule has 3 rings (SSSR count). The van der Waals surface area contributed by atoms with Gasteiger partial charge in [0, 0.05) is 12.8 Å². The van der Waals surface area contributed by atoms with E-state index in [-0.39, 0.29) is 11.4 Å². The van der Waals surface area contributed by atoms with Crippen LogP contribution in [-0.4, -0.2) is 28.6 Å². The first-order valence-corrected chi connectivity index (χ1v) is 7.24. The summed E-state index contributed by atoms with van der Waals surface area (Å²) in [5.41, 5.74) is -2.10. The summed E-state index contributed by atoms with van der Waals surface area (Å²) >= 11 is 0. The number of rotatable bonds is 1. The normalized spacial score (nSPS) is 41.2. The summed E-state index contributed by atoms with van der Waals surface area (Å²) in [7, 11) is 0. The first-order valence-electron chi connectivity index (χ1n) is 7.24. The molecule has 4 nitrogen and oxygen atoms in total. The highest BCUT2D eigenvalue weighted by atomic mass is 16.6. The third-order valence-electron chi connectivity index (χ3n) is 4.76. The fourth-order valence-corrected chi connectivity index (χ4v) is 3.95. The number of hydrogen-bond acceptors (Lipinski definition) is 4. The van der Waals surface area contributed by atoms with Gasteiger partial charge in [0.2, 0.25) is 5.60 Å². The lowest BCUT2D eigenvalue weighted by Crippen LogP contribution is -2.54. The molecule has 0 aromatic carbocycles. The molecule has 3 atom stereocenters. The van der Waals surface area contributed by atoms with Gasteiger partial charge in [0.15, 0.2) is 5.78 Å². The zero-order valence-electron chi connectivity index (χ0n) is 12.0. The summed E-state index contributed by atoms with van der Waals surface area (Å²) in [6.07, 6.45) is 4.95. The van der Waals surface area contributed by atoms with E-state index in [9.17, 15) is 9.59 Å². The number of carbonyl (C=O) groups excluding carboxylic acids is 2. The van der Waals surface area contributed by atoms with Crippen molar-refractivity contribution in [3.05, 3.63) is 0 Å². The Morgan fingerprint density at radius 3 is 2.79 bits per heavy atom. The lowest BCUT2D eigenvalue weighted by molar-refractivity contribution is -0.200. The zero-order valence-corrected chi connectivity index (χ0v) is 12.0. The molecule has 1 saturated carbocycles. The Labute approximate surface area is 113 Å². The van der Waals surface area contributed by atoms with Gasteiger partial charge in [0.25, 0.3) is 0 Å². The predicted molar refractivity (Wildman–Crippen MR) is 68.6 cm³/mol. The molecule has 1 aliphatic carbocycles. The van der Waals surface area contributed by atoms with E-state index in [0.29, 0.717) is 18.8 Å². The number of carbonyl (C=O) groups is 2. The fourth-order valence-electron chi connectivity index (χ4n) is 3.95. The second kappa shape index (κ2) is 3.81. The van der Waals surface area contributed by atoms with E-state index in [2.05, 4.69) is 0 Å². The molecule has 0 aromatic heterocycles. The molecule has 2 heterocycles. The number of ketones is 1. The van der Waals surface area contributed by atoms with Gasteiger partial charge in [-0.3, -0.25) is 4.79 Å². The summed E-state index contributed by atoms with van der Waals surface area (Å²) in [6, 6.07) is 0. The molecule has 106 valence electrons. The first-order chi connectivity index (χ1) is 8.78. The Bertz CT molecular complexity index is 436. The van der Waals surface area contributed by atoms with Crippen molar-refractivity contribution in [2.75, 3.05) is 0 Å². The van der Waals surface area contributed by atoms with E-state index in [1.165, 1.54) is 0 Å². The van der Waals surface area contributed by atoms with Gasteiger partial charge in [-0.2, -0.15) is 0 Å². The van der Waals surface area contributed by atoms with Gasteiger partial charge in [-0.15, -0.1) is 0 Å². The maximum atomic E-state index is 12.5. The Morgan fingerprint density at radius 2 is 2.11 bits per heavy atom. The summed E-state index contributed by atoms with van der Waals surface area (Å²) in [5.74, 6) is -0.202. The van der Waals surface area contributed by atoms with Crippen LogP contribution in [0.15, 0.2) is 0 Å². The molecule has 0 amide bonds. The zero-order chi connectivity index (χ0) is 13.9. The van der Waals surface area contributed by atoms with E-state index < -0.39 is 17.2 Å². The number of Topliss-reactive ketones (excluding diaryl/α,β-unsaturated/α-hetero) is 1. The Morgan fingerprint density at radius 1 is 1.37 bits per heavy atom. The number of fused-ring (bicyclic) bond motifs is 1. The SMILES string of the molecule is CC(C)(C)OC(=O)[C@]12C[C@H]3CCC[C@]3(CCC1=O)O2. The molecule has 2 saturated heterocycles. The molecule has 0 aromatic rings. The van der Waals surface area contributed by atoms with Crippen molar-refractivity contribution in [1.29, 1.82) is 0 Å². The van der Waals surface area contributed by atoms with Crippen molar-refractivity contribution in [2.24, 2.45) is 5.92 Å². The van der Waals surface area contributed by atoms with Gasteiger partial charge >= 0.3 is 5.97 Å². The minimum atomic E-state index is -1.30. The van der Waals surface area contributed by atoms with Gasteiger partial charge in [-0.05, 0) is 46.0 Å². The van der Waals surface area contributed by atoms with E-state index in [4.69, 9.17) is 9.47 Å². The van der Waals surface area contributed by atoms with Crippen LogP contribution in [-0.2, 0) is 19.1 Å². The maximum Gasteiger partial charge on any atom is 0.346 e. The van der Waals surface area contributed by atoms with Crippen molar-refractivity contribution in [3.8, 4) is 0 Å². The Hall–Kier alpha value is -0.900. The van der Waals surface area contributed by atoms with E-state index >= 15 is 0 Å². The highest BCUT2D eigenvalue weighted by Gasteiger charge is 2.67. The van der Waals surface area contributed by atoms with Gasteiger partial charge in [-0.25, -0.2) is 4.79 Å². The summed E-state index contributed by atoms with van der Waals surface area (Å²) in [6.45, 7) is 5.46. The predicted octanol–water partition coefficient (Wildman–Crippen LogP) is 2.39. The minimum Gasteiger partial charge on any atom is -0.457 e. The van der Waals surface area contributed by atoms with E-state index in [1.807, 2.05) is 20.8 Å². The molecule has 4 heteroatoms. The van der Waals surface area contributed by atoms with Gasteiger partial charge < -0.3 is 9.47 Å². The average Bonchev–Trinajstić information content (AvgIpc) is 2.74. The van der Waals surface area contributed by atoms with Crippen LogP contribution < -0.4 is 0 Å². The third-order valence-corrected chi connectivity index (χ3v) is 4.76. The third kappa shape index (κ3) is 1.83. The molecule has 0 unspecified atom stereocenters. The number of hydrogen-bond donors (Lipinski definition) is 0. The van der Waals surface area contributed by atoms with Crippen LogP contribution in [0.5, 0.6) is 0 Å².